The second-order valence-corrected chi connectivity index (χ2v) is 8.96. The Morgan fingerprint density at radius 3 is 2.72 bits per heavy atom. The van der Waals surface area contributed by atoms with E-state index in [1.54, 1.807) is 5.56 Å². The van der Waals surface area contributed by atoms with Gasteiger partial charge in [0.05, 0.1) is 4.88 Å². The topological polar surface area (TPSA) is 51.0 Å². The zero-order valence-corrected chi connectivity index (χ0v) is 15.7. The summed E-state index contributed by atoms with van der Waals surface area (Å²) in [5, 5.41) is 7.40. The number of nitrogens with one attached hydrogen (secondary N) is 1. The Balaban J connectivity index is 1.51. The first-order valence-electron chi connectivity index (χ1n) is 8.75. The summed E-state index contributed by atoms with van der Waals surface area (Å²) >= 11 is 1.82. The fourth-order valence-corrected chi connectivity index (χ4v) is 5.68. The monoisotopic (exact) mass is 351 g/mol. The van der Waals surface area contributed by atoms with Gasteiger partial charge in [-0.3, -0.25) is 0 Å². The lowest BCUT2D eigenvalue weighted by Crippen LogP contribution is -1.99. The molecule has 5 rings (SSSR count). The molecule has 1 saturated carbocycles. The molecule has 0 bridgehead atoms. The lowest BCUT2D eigenvalue weighted by molar-refractivity contribution is 0.432. The number of aromatic nitrogens is 2. The predicted octanol–water partition coefficient (Wildman–Crippen LogP) is 5.11. The van der Waals surface area contributed by atoms with Gasteiger partial charge in [0.15, 0.2) is 0 Å². The van der Waals surface area contributed by atoms with Crippen molar-refractivity contribution >= 4 is 17.0 Å². The quantitative estimate of drug-likeness (QED) is 0.712. The predicted molar refractivity (Wildman–Crippen MR) is 101 cm³/mol. The molecule has 2 atom stereocenters. The van der Waals surface area contributed by atoms with Crippen LogP contribution in [0.25, 0.3) is 22.2 Å². The van der Waals surface area contributed by atoms with E-state index in [0.717, 1.165) is 35.3 Å². The van der Waals surface area contributed by atoms with Crippen LogP contribution in [0.1, 0.15) is 35.8 Å². The first kappa shape index (κ1) is 15.1. The summed E-state index contributed by atoms with van der Waals surface area (Å²) in [5.41, 5.74) is 5.52. The summed E-state index contributed by atoms with van der Waals surface area (Å²) in [6.07, 6.45) is 1.16. The summed E-state index contributed by atoms with van der Waals surface area (Å²) in [5.74, 6) is 2.85. The Bertz CT molecular complexity index is 967. The van der Waals surface area contributed by atoms with Gasteiger partial charge in [0.1, 0.15) is 0 Å². The maximum Gasteiger partial charge on any atom is 0.258 e. The van der Waals surface area contributed by atoms with Crippen molar-refractivity contribution in [3.63, 3.8) is 0 Å². The van der Waals surface area contributed by atoms with Crippen molar-refractivity contribution in [2.45, 2.75) is 33.1 Å². The fraction of sp³-hybridized carbons (Fsp3) is 0.400. The van der Waals surface area contributed by atoms with Crippen LogP contribution in [-0.4, -0.2) is 17.2 Å². The van der Waals surface area contributed by atoms with Gasteiger partial charge in [-0.25, -0.2) is 0 Å². The molecule has 128 valence electrons. The van der Waals surface area contributed by atoms with Crippen LogP contribution in [0.15, 0.2) is 28.8 Å². The molecule has 0 spiro atoms. The van der Waals surface area contributed by atoms with Crippen LogP contribution in [0.2, 0.25) is 0 Å². The molecule has 1 fully saturated rings. The number of benzene rings is 1. The van der Waals surface area contributed by atoms with Crippen LogP contribution >= 0.6 is 11.3 Å². The largest absolute Gasteiger partial charge is 0.388 e. The lowest BCUT2D eigenvalue weighted by atomic mass is 9.95. The summed E-state index contributed by atoms with van der Waals surface area (Å²) in [4.78, 5) is 7.32. The number of rotatable bonds is 3. The van der Waals surface area contributed by atoms with E-state index in [4.69, 9.17) is 4.52 Å². The third-order valence-corrected chi connectivity index (χ3v) is 7.23. The molecule has 0 radical (unpaired) electrons. The molecule has 3 aromatic rings. The van der Waals surface area contributed by atoms with E-state index >= 15 is 0 Å². The van der Waals surface area contributed by atoms with Gasteiger partial charge in [-0.1, -0.05) is 19.0 Å². The number of thiophene rings is 1. The zero-order chi connectivity index (χ0) is 17.3. The van der Waals surface area contributed by atoms with Crippen LogP contribution in [0.3, 0.4) is 0 Å². The van der Waals surface area contributed by atoms with Crippen LogP contribution < -0.4 is 5.32 Å². The summed E-state index contributed by atoms with van der Waals surface area (Å²) in [7, 11) is 1.91. The summed E-state index contributed by atoms with van der Waals surface area (Å²) < 4.78 is 5.55. The van der Waals surface area contributed by atoms with Crippen LogP contribution in [-0.2, 0) is 6.42 Å². The van der Waals surface area contributed by atoms with Crippen molar-refractivity contribution in [3.8, 4) is 22.2 Å². The van der Waals surface area contributed by atoms with E-state index in [9.17, 15) is 0 Å². The van der Waals surface area contributed by atoms with Crippen molar-refractivity contribution in [1.29, 1.82) is 0 Å². The van der Waals surface area contributed by atoms with Gasteiger partial charge in [-0.2, -0.15) is 4.98 Å². The van der Waals surface area contributed by atoms with E-state index < -0.39 is 0 Å². The number of hydrogen-bond acceptors (Lipinski definition) is 5. The van der Waals surface area contributed by atoms with E-state index in [2.05, 4.69) is 36.2 Å². The van der Waals surface area contributed by atoms with Gasteiger partial charge in [-0.05, 0) is 66.0 Å². The number of aryl methyl sites for hydroxylation is 1. The Morgan fingerprint density at radius 2 is 2.00 bits per heavy atom. The third-order valence-electron chi connectivity index (χ3n) is 6.07. The van der Waals surface area contributed by atoms with Crippen LogP contribution in [0.5, 0.6) is 0 Å². The molecule has 4 nitrogen and oxygen atoms in total. The number of hydrogen-bond donors (Lipinski definition) is 1. The molecule has 2 heterocycles. The highest BCUT2D eigenvalue weighted by molar-refractivity contribution is 7.15. The Morgan fingerprint density at radius 1 is 1.24 bits per heavy atom. The molecule has 1 aromatic carbocycles. The minimum Gasteiger partial charge on any atom is -0.388 e. The second kappa shape index (κ2) is 4.94. The molecule has 2 unspecified atom stereocenters. The zero-order valence-electron chi connectivity index (χ0n) is 14.9. The van der Waals surface area contributed by atoms with Crippen molar-refractivity contribution in [2.75, 3.05) is 12.4 Å². The van der Waals surface area contributed by atoms with E-state index in [-0.39, 0.29) is 0 Å². The smallest absolute Gasteiger partial charge is 0.258 e. The van der Waals surface area contributed by atoms with Gasteiger partial charge in [0.2, 0.25) is 5.82 Å². The Hall–Kier alpha value is -2.14. The van der Waals surface area contributed by atoms with Crippen molar-refractivity contribution in [1.82, 2.24) is 10.1 Å². The molecular weight excluding hydrogens is 330 g/mol. The van der Waals surface area contributed by atoms with E-state index in [0.29, 0.717) is 11.3 Å². The highest BCUT2D eigenvalue weighted by Crippen LogP contribution is 2.72. The first-order chi connectivity index (χ1) is 12.0. The SMILES string of the molecule is CNc1ccc(-c2nc(-c3sc(C)c4c3CC3C4C3(C)C)no2)cc1. The van der Waals surface area contributed by atoms with Gasteiger partial charge in [-0.15, -0.1) is 11.3 Å². The summed E-state index contributed by atoms with van der Waals surface area (Å²) in [6.45, 7) is 7.02. The van der Waals surface area contributed by atoms with E-state index in [1.807, 2.05) is 42.6 Å². The van der Waals surface area contributed by atoms with Gasteiger partial charge in [0.25, 0.3) is 5.89 Å². The lowest BCUT2D eigenvalue weighted by Gasteiger charge is -2.09. The Labute approximate surface area is 151 Å². The van der Waals surface area contributed by atoms with Crippen LogP contribution in [0.4, 0.5) is 5.69 Å². The molecule has 0 amide bonds. The standard InChI is InChI=1S/C20H21N3OS/c1-10-15-13(9-14-16(15)20(14,2)3)17(25-10)18-22-19(24-23-18)11-5-7-12(21-4)8-6-11/h5-8,14,16,21H,9H2,1-4H3. The fourth-order valence-electron chi connectivity index (χ4n) is 4.52. The number of fused-ring (bicyclic) bond motifs is 3. The minimum atomic E-state index is 0.466. The Kier molecular flexibility index (Phi) is 2.99. The summed E-state index contributed by atoms with van der Waals surface area (Å²) in [6, 6.07) is 8.04. The van der Waals surface area contributed by atoms with Gasteiger partial charge in [0, 0.05) is 23.2 Å². The number of anilines is 1. The van der Waals surface area contributed by atoms with Gasteiger partial charge < -0.3 is 9.84 Å². The maximum absolute atomic E-state index is 5.55. The van der Waals surface area contributed by atoms with E-state index in [1.165, 1.54) is 15.3 Å². The molecule has 1 N–H and O–H groups in total. The molecule has 2 aromatic heterocycles. The maximum atomic E-state index is 5.55. The molecular formula is C20H21N3OS. The molecule has 25 heavy (non-hydrogen) atoms. The third kappa shape index (κ3) is 2.05. The normalized spacial score (nSPS) is 22.6. The van der Waals surface area contributed by atoms with Crippen molar-refractivity contribution in [3.05, 3.63) is 40.3 Å². The minimum absolute atomic E-state index is 0.466. The number of nitrogens with zero attached hydrogens (tertiary/aromatic N) is 2. The molecule has 0 saturated heterocycles. The molecule has 2 aliphatic rings. The average molecular weight is 351 g/mol. The highest BCUT2D eigenvalue weighted by Gasteiger charge is 2.63. The second-order valence-electron chi connectivity index (χ2n) is 7.74. The van der Waals surface area contributed by atoms with Crippen molar-refractivity contribution < 1.29 is 4.52 Å². The highest BCUT2D eigenvalue weighted by atomic mass is 32.1. The van der Waals surface area contributed by atoms with Crippen molar-refractivity contribution in [2.24, 2.45) is 11.3 Å². The van der Waals surface area contributed by atoms with Gasteiger partial charge >= 0.3 is 0 Å². The molecule has 0 aliphatic heterocycles. The molecule has 2 aliphatic carbocycles. The van der Waals surface area contributed by atoms with Crippen LogP contribution in [0, 0.1) is 18.3 Å². The first-order valence-corrected chi connectivity index (χ1v) is 9.56. The molecule has 5 heteroatoms. The average Bonchev–Trinajstić information content (AvgIpc) is 3.12.